The second-order valence-electron chi connectivity index (χ2n) is 6.81. The lowest BCUT2D eigenvalue weighted by atomic mass is 10.1. The molecule has 1 saturated carbocycles. The summed E-state index contributed by atoms with van der Waals surface area (Å²) in [7, 11) is 0. The van der Waals surface area contributed by atoms with Crippen molar-refractivity contribution < 1.29 is 4.74 Å². The van der Waals surface area contributed by atoms with Crippen LogP contribution >= 0.6 is 0 Å². The lowest BCUT2D eigenvalue weighted by Gasteiger charge is -2.33. The van der Waals surface area contributed by atoms with Crippen molar-refractivity contribution in [3.8, 4) is 5.75 Å². The van der Waals surface area contributed by atoms with Crippen LogP contribution < -0.4 is 9.64 Å². The largest absolute Gasteiger partial charge is 0.487 e. The number of aromatic nitrogens is 5. The normalized spacial score (nSPS) is 20.8. The van der Waals surface area contributed by atoms with Gasteiger partial charge in [-0.2, -0.15) is 4.52 Å². The van der Waals surface area contributed by atoms with Crippen LogP contribution in [0, 0.1) is 0 Å². The Morgan fingerprint density at radius 2 is 2.04 bits per heavy atom. The first kappa shape index (κ1) is 14.6. The number of anilines is 1. The number of fused-ring (bicyclic) bond motifs is 1. The number of nitrogens with zero attached hydrogens (tertiary/aromatic N) is 6. The van der Waals surface area contributed by atoms with E-state index in [2.05, 4.69) is 20.1 Å². The van der Waals surface area contributed by atoms with E-state index in [0.29, 0.717) is 5.92 Å². The molecule has 1 saturated heterocycles. The van der Waals surface area contributed by atoms with Crippen LogP contribution in [0.2, 0.25) is 0 Å². The Morgan fingerprint density at radius 1 is 1.08 bits per heavy atom. The third-order valence-corrected chi connectivity index (χ3v) is 4.85. The molecule has 0 radical (unpaired) electrons. The van der Waals surface area contributed by atoms with Gasteiger partial charge in [0.2, 0.25) is 0 Å². The quantitative estimate of drug-likeness (QED) is 0.729. The number of rotatable bonds is 4. The van der Waals surface area contributed by atoms with Crippen LogP contribution in [-0.2, 0) is 0 Å². The maximum Gasteiger partial charge on any atom is 0.178 e. The maximum atomic E-state index is 6.09. The molecule has 1 unspecified atom stereocenters. The summed E-state index contributed by atoms with van der Waals surface area (Å²) in [5.41, 5.74) is 0.825. The van der Waals surface area contributed by atoms with Crippen molar-refractivity contribution in [3.05, 3.63) is 42.5 Å². The van der Waals surface area contributed by atoms with Crippen molar-refractivity contribution >= 4 is 11.5 Å². The molecular weight excluding hydrogens is 316 g/mol. The Morgan fingerprint density at radius 3 is 2.88 bits per heavy atom. The number of ether oxygens (including phenoxy) is 1. The monoisotopic (exact) mass is 336 g/mol. The van der Waals surface area contributed by atoms with Gasteiger partial charge in [0.1, 0.15) is 17.7 Å². The second kappa shape index (κ2) is 5.98. The van der Waals surface area contributed by atoms with Crippen LogP contribution in [0.4, 0.5) is 5.82 Å². The zero-order valence-corrected chi connectivity index (χ0v) is 14.0. The lowest BCUT2D eigenvalue weighted by Crippen LogP contribution is -2.41. The Labute approximate surface area is 145 Å². The van der Waals surface area contributed by atoms with E-state index >= 15 is 0 Å². The van der Waals surface area contributed by atoms with E-state index in [1.165, 1.54) is 12.8 Å². The molecule has 1 atom stereocenters. The summed E-state index contributed by atoms with van der Waals surface area (Å²) in [6.45, 7) is 1.82. The molecule has 0 aromatic carbocycles. The van der Waals surface area contributed by atoms with Crippen LogP contribution in [0.25, 0.3) is 5.65 Å². The molecular formula is C18H20N6O. The van der Waals surface area contributed by atoms with Crippen molar-refractivity contribution in [3.63, 3.8) is 0 Å². The average molecular weight is 336 g/mol. The van der Waals surface area contributed by atoms with Crippen LogP contribution in [-0.4, -0.2) is 44.0 Å². The van der Waals surface area contributed by atoms with E-state index in [-0.39, 0.29) is 6.10 Å². The fourth-order valence-electron chi connectivity index (χ4n) is 3.41. The van der Waals surface area contributed by atoms with Crippen molar-refractivity contribution in [1.29, 1.82) is 0 Å². The number of hydrogen-bond donors (Lipinski definition) is 0. The van der Waals surface area contributed by atoms with Crippen LogP contribution in [0.5, 0.6) is 5.75 Å². The summed E-state index contributed by atoms with van der Waals surface area (Å²) in [6.07, 6.45) is 8.20. The fourth-order valence-corrected chi connectivity index (χ4v) is 3.41. The average Bonchev–Trinajstić information content (AvgIpc) is 3.41. The molecule has 128 valence electrons. The van der Waals surface area contributed by atoms with E-state index in [4.69, 9.17) is 9.84 Å². The molecule has 7 heteroatoms. The molecule has 25 heavy (non-hydrogen) atoms. The van der Waals surface area contributed by atoms with E-state index in [1.54, 1.807) is 12.4 Å². The highest BCUT2D eigenvalue weighted by atomic mass is 16.5. The first-order valence-corrected chi connectivity index (χ1v) is 8.91. The summed E-state index contributed by atoms with van der Waals surface area (Å²) >= 11 is 0. The Bertz CT molecular complexity index is 876. The summed E-state index contributed by atoms with van der Waals surface area (Å²) in [5, 5.41) is 13.4. The predicted octanol–water partition coefficient (Wildman–Crippen LogP) is 2.44. The summed E-state index contributed by atoms with van der Waals surface area (Å²) < 4.78 is 8.00. The first-order chi connectivity index (χ1) is 12.4. The van der Waals surface area contributed by atoms with Gasteiger partial charge in [-0.3, -0.25) is 4.98 Å². The first-order valence-electron chi connectivity index (χ1n) is 8.91. The topological polar surface area (TPSA) is 68.4 Å². The molecule has 0 bridgehead atoms. The minimum Gasteiger partial charge on any atom is -0.487 e. The van der Waals surface area contributed by atoms with E-state index in [0.717, 1.165) is 49.0 Å². The van der Waals surface area contributed by atoms with Gasteiger partial charge in [-0.05, 0) is 49.9 Å². The van der Waals surface area contributed by atoms with Crippen LogP contribution in [0.1, 0.15) is 37.4 Å². The molecule has 2 fully saturated rings. The molecule has 0 N–H and O–H groups in total. The van der Waals surface area contributed by atoms with Gasteiger partial charge in [0.25, 0.3) is 0 Å². The van der Waals surface area contributed by atoms with E-state index in [1.807, 2.05) is 28.8 Å². The van der Waals surface area contributed by atoms with Gasteiger partial charge in [-0.25, -0.2) is 0 Å². The van der Waals surface area contributed by atoms with E-state index < -0.39 is 0 Å². The Kier molecular flexibility index (Phi) is 3.50. The minimum absolute atomic E-state index is 0.152. The molecule has 0 spiro atoms. The smallest absolute Gasteiger partial charge is 0.178 e. The van der Waals surface area contributed by atoms with Crippen molar-refractivity contribution in [2.45, 2.75) is 37.7 Å². The summed E-state index contributed by atoms with van der Waals surface area (Å²) in [4.78, 5) is 6.41. The molecule has 5 rings (SSSR count). The zero-order chi connectivity index (χ0) is 16.6. The van der Waals surface area contributed by atoms with Gasteiger partial charge in [-0.1, -0.05) is 0 Å². The van der Waals surface area contributed by atoms with Crippen molar-refractivity contribution in [2.24, 2.45) is 0 Å². The van der Waals surface area contributed by atoms with Crippen LogP contribution in [0.15, 0.2) is 36.7 Å². The standard InChI is InChI=1S/C18H20N6O/c1-3-14(11-19-9-1)25-15-4-2-10-23(12-15)17-8-7-16-20-21-18(13-5-6-13)24(16)22-17/h1,3,7-9,11,13,15H,2,4-6,10,12H2. The number of piperidine rings is 1. The molecule has 0 amide bonds. The molecule has 2 aliphatic rings. The van der Waals surface area contributed by atoms with Gasteiger partial charge >= 0.3 is 0 Å². The zero-order valence-electron chi connectivity index (χ0n) is 14.0. The Hall–Kier alpha value is -2.70. The fraction of sp³-hybridized carbons (Fsp3) is 0.444. The minimum atomic E-state index is 0.152. The SMILES string of the molecule is c1cncc(OC2CCCN(c3ccc4nnc(C5CC5)n4n3)C2)c1. The Balaban J connectivity index is 1.37. The number of pyridine rings is 1. The maximum absolute atomic E-state index is 6.09. The van der Waals surface area contributed by atoms with Crippen molar-refractivity contribution in [1.82, 2.24) is 24.8 Å². The summed E-state index contributed by atoms with van der Waals surface area (Å²) in [6, 6.07) is 7.89. The van der Waals surface area contributed by atoms with Gasteiger partial charge in [0.15, 0.2) is 11.5 Å². The summed E-state index contributed by atoms with van der Waals surface area (Å²) in [5.74, 6) is 3.32. The highest BCUT2D eigenvalue weighted by Gasteiger charge is 2.30. The molecule has 3 aromatic rings. The lowest BCUT2D eigenvalue weighted by molar-refractivity contribution is 0.178. The molecule has 3 aromatic heterocycles. The molecule has 4 heterocycles. The van der Waals surface area contributed by atoms with Crippen molar-refractivity contribution in [2.75, 3.05) is 18.0 Å². The van der Waals surface area contributed by atoms with Gasteiger partial charge < -0.3 is 9.64 Å². The van der Waals surface area contributed by atoms with Gasteiger partial charge in [-0.15, -0.1) is 15.3 Å². The third-order valence-electron chi connectivity index (χ3n) is 4.85. The van der Waals surface area contributed by atoms with Crippen LogP contribution in [0.3, 0.4) is 0 Å². The second-order valence-corrected chi connectivity index (χ2v) is 6.81. The number of hydrogen-bond acceptors (Lipinski definition) is 6. The highest BCUT2D eigenvalue weighted by Crippen LogP contribution is 2.38. The van der Waals surface area contributed by atoms with Gasteiger partial charge in [0, 0.05) is 18.7 Å². The van der Waals surface area contributed by atoms with Gasteiger partial charge in [0.05, 0.1) is 12.7 Å². The predicted molar refractivity (Wildman–Crippen MR) is 92.9 cm³/mol. The molecule has 1 aliphatic heterocycles. The molecule has 7 nitrogen and oxygen atoms in total. The third kappa shape index (κ3) is 2.90. The van der Waals surface area contributed by atoms with E-state index in [9.17, 15) is 0 Å². The molecule has 1 aliphatic carbocycles. The highest BCUT2D eigenvalue weighted by molar-refractivity contribution is 5.46.